The van der Waals surface area contributed by atoms with Crippen LogP contribution in [0.15, 0.2) is 12.1 Å². The van der Waals surface area contributed by atoms with E-state index >= 15 is 0 Å². The Morgan fingerprint density at radius 1 is 1.18 bits per heavy atom. The summed E-state index contributed by atoms with van der Waals surface area (Å²) in [4.78, 5) is 2.52. The van der Waals surface area contributed by atoms with E-state index < -0.39 is 0 Å². The first-order valence-electron chi connectivity index (χ1n) is 7.93. The van der Waals surface area contributed by atoms with Crippen molar-refractivity contribution in [1.82, 2.24) is 10.2 Å². The van der Waals surface area contributed by atoms with Gasteiger partial charge in [-0.1, -0.05) is 31.5 Å². The third kappa shape index (κ3) is 3.86. The van der Waals surface area contributed by atoms with Crippen LogP contribution in [0.4, 0.5) is 0 Å². The summed E-state index contributed by atoms with van der Waals surface area (Å²) in [6.45, 7) is 8.65. The van der Waals surface area contributed by atoms with Crippen molar-refractivity contribution < 1.29 is 9.47 Å². The van der Waals surface area contributed by atoms with Crippen molar-refractivity contribution in [3.05, 3.63) is 22.7 Å². The monoisotopic (exact) mass is 326 g/mol. The molecule has 124 valence electrons. The van der Waals surface area contributed by atoms with Gasteiger partial charge >= 0.3 is 0 Å². The first kappa shape index (κ1) is 17.4. The van der Waals surface area contributed by atoms with E-state index in [1.54, 1.807) is 14.2 Å². The molecule has 0 unspecified atom stereocenters. The smallest absolute Gasteiger partial charge is 0.179 e. The minimum absolute atomic E-state index is 0.314. The van der Waals surface area contributed by atoms with Crippen LogP contribution in [0.5, 0.6) is 11.5 Å². The van der Waals surface area contributed by atoms with Gasteiger partial charge in [0.15, 0.2) is 11.5 Å². The number of piperazine rings is 1. The zero-order valence-corrected chi connectivity index (χ0v) is 14.7. The Morgan fingerprint density at radius 3 is 2.41 bits per heavy atom. The summed E-state index contributed by atoms with van der Waals surface area (Å²) in [5.41, 5.74) is 1.13. The summed E-state index contributed by atoms with van der Waals surface area (Å²) in [5.74, 6) is 1.91. The summed E-state index contributed by atoms with van der Waals surface area (Å²) >= 11 is 6.64. The van der Waals surface area contributed by atoms with Crippen LogP contribution in [0.1, 0.15) is 31.9 Å². The fourth-order valence-corrected chi connectivity index (χ4v) is 3.43. The molecule has 1 aliphatic heterocycles. The van der Waals surface area contributed by atoms with Gasteiger partial charge in [0.05, 0.1) is 19.2 Å². The van der Waals surface area contributed by atoms with E-state index in [-0.39, 0.29) is 0 Å². The van der Waals surface area contributed by atoms with Crippen molar-refractivity contribution in [2.24, 2.45) is 5.92 Å². The summed E-state index contributed by atoms with van der Waals surface area (Å²) in [6.07, 6.45) is 1.08. The Bertz CT molecular complexity index is 488. The van der Waals surface area contributed by atoms with Crippen LogP contribution in [0.3, 0.4) is 0 Å². The number of halogens is 1. The van der Waals surface area contributed by atoms with Crippen molar-refractivity contribution in [3.63, 3.8) is 0 Å². The second-order valence-electron chi connectivity index (χ2n) is 6.14. The average Bonchev–Trinajstić information content (AvgIpc) is 2.53. The Morgan fingerprint density at radius 2 is 1.86 bits per heavy atom. The number of nitrogens with zero attached hydrogens (tertiary/aromatic N) is 1. The highest BCUT2D eigenvalue weighted by Gasteiger charge is 2.27. The summed E-state index contributed by atoms with van der Waals surface area (Å²) in [5, 5.41) is 4.08. The quantitative estimate of drug-likeness (QED) is 0.869. The van der Waals surface area contributed by atoms with Gasteiger partial charge in [-0.2, -0.15) is 0 Å². The van der Waals surface area contributed by atoms with Gasteiger partial charge in [-0.25, -0.2) is 0 Å². The molecule has 1 aromatic carbocycles. The molecule has 1 aliphatic rings. The number of hydrogen-bond donors (Lipinski definition) is 1. The van der Waals surface area contributed by atoms with E-state index in [4.69, 9.17) is 21.1 Å². The first-order chi connectivity index (χ1) is 10.6. The van der Waals surface area contributed by atoms with Gasteiger partial charge in [-0.05, 0) is 24.0 Å². The maximum Gasteiger partial charge on any atom is 0.179 e. The van der Waals surface area contributed by atoms with E-state index in [2.05, 4.69) is 30.1 Å². The SMILES string of the molecule is COc1ccc([C@@H](CC(C)C)N2CCNCC2)c(Cl)c1OC. The lowest BCUT2D eigenvalue weighted by Crippen LogP contribution is -2.45. The molecule has 0 spiro atoms. The Kier molecular flexibility index (Phi) is 6.36. The molecule has 4 nitrogen and oxygen atoms in total. The minimum Gasteiger partial charge on any atom is -0.493 e. The fourth-order valence-electron chi connectivity index (χ4n) is 3.07. The second-order valence-corrected chi connectivity index (χ2v) is 6.51. The predicted molar refractivity (Wildman–Crippen MR) is 91.2 cm³/mol. The lowest BCUT2D eigenvalue weighted by atomic mass is 9.94. The molecule has 0 radical (unpaired) electrons. The van der Waals surface area contributed by atoms with Gasteiger partial charge in [0.25, 0.3) is 0 Å². The number of nitrogens with one attached hydrogen (secondary N) is 1. The molecular weight excluding hydrogens is 300 g/mol. The van der Waals surface area contributed by atoms with Gasteiger partial charge in [-0.15, -0.1) is 0 Å². The van der Waals surface area contributed by atoms with Crippen LogP contribution < -0.4 is 14.8 Å². The van der Waals surface area contributed by atoms with Crippen molar-refractivity contribution >= 4 is 11.6 Å². The molecule has 1 heterocycles. The highest BCUT2D eigenvalue weighted by atomic mass is 35.5. The van der Waals surface area contributed by atoms with Crippen LogP contribution in [-0.2, 0) is 0 Å². The molecule has 22 heavy (non-hydrogen) atoms. The maximum absolute atomic E-state index is 6.64. The molecule has 0 amide bonds. The van der Waals surface area contributed by atoms with E-state index in [1.165, 1.54) is 0 Å². The van der Waals surface area contributed by atoms with Gasteiger partial charge < -0.3 is 14.8 Å². The zero-order chi connectivity index (χ0) is 16.1. The lowest BCUT2D eigenvalue weighted by molar-refractivity contribution is 0.154. The van der Waals surface area contributed by atoms with Gasteiger partial charge in [0.2, 0.25) is 0 Å². The Hall–Kier alpha value is -0.970. The third-order valence-corrected chi connectivity index (χ3v) is 4.55. The molecular formula is C17H27ClN2O2. The number of methoxy groups -OCH3 is 2. The minimum atomic E-state index is 0.314. The summed E-state index contributed by atoms with van der Waals surface area (Å²) < 4.78 is 10.8. The van der Waals surface area contributed by atoms with E-state index in [9.17, 15) is 0 Å². The molecule has 1 N–H and O–H groups in total. The molecule has 1 atom stereocenters. The lowest BCUT2D eigenvalue weighted by Gasteiger charge is -2.36. The molecule has 0 aliphatic carbocycles. The fraction of sp³-hybridized carbons (Fsp3) is 0.647. The van der Waals surface area contributed by atoms with Crippen molar-refractivity contribution in [2.45, 2.75) is 26.3 Å². The number of rotatable bonds is 6. The van der Waals surface area contributed by atoms with Gasteiger partial charge in [-0.3, -0.25) is 4.90 Å². The standard InChI is InChI=1S/C17H27ClN2O2/c1-12(2)11-14(20-9-7-19-8-10-20)13-5-6-15(21-3)17(22-4)16(13)18/h5-6,12,14,19H,7-11H2,1-4H3/t14-/m1/s1. The first-order valence-corrected chi connectivity index (χ1v) is 8.31. The normalized spacial score (nSPS) is 17.5. The molecule has 1 saturated heterocycles. The molecule has 1 aromatic rings. The predicted octanol–water partition coefficient (Wildman–Crippen LogP) is 3.35. The zero-order valence-electron chi connectivity index (χ0n) is 14.0. The third-order valence-electron chi connectivity index (χ3n) is 4.16. The van der Waals surface area contributed by atoms with Crippen LogP contribution in [0.2, 0.25) is 5.02 Å². The highest BCUT2D eigenvalue weighted by molar-refractivity contribution is 6.33. The summed E-state index contributed by atoms with van der Waals surface area (Å²) in [6, 6.07) is 4.35. The summed E-state index contributed by atoms with van der Waals surface area (Å²) in [7, 11) is 3.27. The molecule has 1 fully saturated rings. The molecule has 0 saturated carbocycles. The largest absolute Gasteiger partial charge is 0.493 e. The highest BCUT2D eigenvalue weighted by Crippen LogP contribution is 2.42. The maximum atomic E-state index is 6.64. The van der Waals surface area contributed by atoms with Crippen LogP contribution >= 0.6 is 11.6 Å². The Labute approximate surface area is 138 Å². The van der Waals surface area contributed by atoms with E-state index in [0.717, 1.165) is 38.2 Å². The van der Waals surface area contributed by atoms with Crippen LogP contribution in [-0.4, -0.2) is 45.3 Å². The van der Waals surface area contributed by atoms with Crippen molar-refractivity contribution in [2.75, 3.05) is 40.4 Å². The Balaban J connectivity index is 2.37. The van der Waals surface area contributed by atoms with E-state index in [0.29, 0.717) is 28.5 Å². The van der Waals surface area contributed by atoms with Crippen LogP contribution in [0.25, 0.3) is 0 Å². The van der Waals surface area contributed by atoms with Crippen LogP contribution in [0, 0.1) is 5.92 Å². The molecule has 2 rings (SSSR count). The molecule has 0 aromatic heterocycles. The number of benzene rings is 1. The second kappa shape index (κ2) is 8.04. The van der Waals surface area contributed by atoms with Crippen molar-refractivity contribution in [1.29, 1.82) is 0 Å². The number of ether oxygens (including phenoxy) is 2. The average molecular weight is 327 g/mol. The topological polar surface area (TPSA) is 33.7 Å². The number of hydrogen-bond acceptors (Lipinski definition) is 4. The molecule has 5 heteroatoms. The van der Waals surface area contributed by atoms with Gasteiger partial charge in [0.1, 0.15) is 0 Å². The van der Waals surface area contributed by atoms with Gasteiger partial charge in [0, 0.05) is 32.2 Å². The van der Waals surface area contributed by atoms with Crippen molar-refractivity contribution in [3.8, 4) is 11.5 Å². The molecule has 0 bridgehead atoms. The van der Waals surface area contributed by atoms with E-state index in [1.807, 2.05) is 6.07 Å².